The van der Waals surface area contributed by atoms with E-state index in [2.05, 4.69) is 0 Å². The zero-order chi connectivity index (χ0) is 13.3. The molecule has 0 amide bonds. The Morgan fingerprint density at radius 2 is 1.67 bits per heavy atom. The van der Waals surface area contributed by atoms with Crippen molar-refractivity contribution < 1.29 is 4.39 Å². The largest absolute Gasteiger partial charge is 0.318 e. The zero-order valence-corrected chi connectivity index (χ0v) is 11.3. The van der Waals surface area contributed by atoms with E-state index in [1.807, 2.05) is 6.92 Å². The second kappa shape index (κ2) is 4.88. The second-order valence-corrected chi connectivity index (χ2v) is 5.18. The van der Waals surface area contributed by atoms with Crippen LogP contribution in [-0.2, 0) is 5.54 Å². The molecule has 2 rings (SSSR count). The molecule has 0 aliphatic carbocycles. The molecule has 2 N–H and O–H groups in total. The van der Waals surface area contributed by atoms with Crippen LogP contribution in [0.15, 0.2) is 42.5 Å². The van der Waals surface area contributed by atoms with Gasteiger partial charge >= 0.3 is 0 Å². The standard InChI is InChI=1S/C14H12Cl2FN/c1-14(18,9-2-5-11(17)6-3-9)12-7-4-10(15)8-13(12)16/h2-8H,18H2,1H3. The van der Waals surface area contributed by atoms with Crippen LogP contribution in [0.4, 0.5) is 4.39 Å². The Bertz CT molecular complexity index is 565. The fraction of sp³-hybridized carbons (Fsp3) is 0.143. The summed E-state index contributed by atoms with van der Waals surface area (Å²) in [6.45, 7) is 1.83. The number of hydrogen-bond donors (Lipinski definition) is 1. The molecule has 2 aromatic carbocycles. The van der Waals surface area contributed by atoms with Crippen molar-refractivity contribution in [3.63, 3.8) is 0 Å². The van der Waals surface area contributed by atoms with Gasteiger partial charge in [0, 0.05) is 10.0 Å². The van der Waals surface area contributed by atoms with E-state index >= 15 is 0 Å². The summed E-state index contributed by atoms with van der Waals surface area (Å²) < 4.78 is 12.9. The van der Waals surface area contributed by atoms with Crippen LogP contribution in [0.1, 0.15) is 18.1 Å². The predicted octanol–water partition coefficient (Wildman–Crippen LogP) is 4.35. The molecular formula is C14H12Cl2FN. The topological polar surface area (TPSA) is 26.0 Å². The fourth-order valence-corrected chi connectivity index (χ4v) is 2.47. The summed E-state index contributed by atoms with van der Waals surface area (Å²) in [5.41, 5.74) is 7.05. The molecule has 0 aromatic heterocycles. The maximum atomic E-state index is 12.9. The number of hydrogen-bond acceptors (Lipinski definition) is 1. The lowest BCUT2D eigenvalue weighted by Gasteiger charge is -2.27. The van der Waals surface area contributed by atoms with Gasteiger partial charge in [-0.2, -0.15) is 0 Å². The molecule has 0 spiro atoms. The van der Waals surface area contributed by atoms with Gasteiger partial charge in [-0.25, -0.2) is 4.39 Å². The van der Waals surface area contributed by atoms with Gasteiger partial charge in [0.2, 0.25) is 0 Å². The average molecular weight is 284 g/mol. The van der Waals surface area contributed by atoms with Crippen LogP contribution >= 0.6 is 23.2 Å². The van der Waals surface area contributed by atoms with Crippen molar-refractivity contribution >= 4 is 23.2 Å². The lowest BCUT2D eigenvalue weighted by Crippen LogP contribution is -2.34. The summed E-state index contributed by atoms with van der Waals surface area (Å²) in [6.07, 6.45) is 0. The quantitative estimate of drug-likeness (QED) is 0.871. The van der Waals surface area contributed by atoms with Gasteiger partial charge in [0.15, 0.2) is 0 Å². The molecule has 0 radical (unpaired) electrons. The minimum Gasteiger partial charge on any atom is -0.318 e. The lowest BCUT2D eigenvalue weighted by atomic mass is 9.86. The van der Waals surface area contributed by atoms with Gasteiger partial charge in [-0.15, -0.1) is 0 Å². The average Bonchev–Trinajstić information content (AvgIpc) is 2.29. The van der Waals surface area contributed by atoms with Gasteiger partial charge in [0.25, 0.3) is 0 Å². The first-order chi connectivity index (χ1) is 8.41. The summed E-state index contributed by atoms with van der Waals surface area (Å²) in [6, 6.07) is 11.2. The highest BCUT2D eigenvalue weighted by Crippen LogP contribution is 2.33. The molecule has 0 fully saturated rings. The third-order valence-corrected chi connectivity index (χ3v) is 3.48. The van der Waals surface area contributed by atoms with E-state index in [4.69, 9.17) is 28.9 Å². The minimum absolute atomic E-state index is 0.295. The molecule has 1 unspecified atom stereocenters. The molecule has 0 saturated heterocycles. The molecule has 2 aromatic rings. The number of benzene rings is 2. The Morgan fingerprint density at radius 1 is 1.06 bits per heavy atom. The van der Waals surface area contributed by atoms with E-state index in [-0.39, 0.29) is 5.82 Å². The summed E-state index contributed by atoms with van der Waals surface area (Å²) in [5.74, 6) is -0.295. The van der Waals surface area contributed by atoms with Crippen LogP contribution in [0.3, 0.4) is 0 Å². The van der Waals surface area contributed by atoms with Gasteiger partial charge in [-0.05, 0) is 42.3 Å². The van der Waals surface area contributed by atoms with Crippen molar-refractivity contribution in [2.45, 2.75) is 12.5 Å². The smallest absolute Gasteiger partial charge is 0.123 e. The van der Waals surface area contributed by atoms with Crippen LogP contribution in [0.25, 0.3) is 0 Å². The van der Waals surface area contributed by atoms with Gasteiger partial charge < -0.3 is 5.73 Å². The van der Waals surface area contributed by atoms with Crippen LogP contribution in [0, 0.1) is 5.82 Å². The third kappa shape index (κ3) is 2.51. The molecule has 0 aliphatic heterocycles. The first-order valence-electron chi connectivity index (χ1n) is 5.42. The van der Waals surface area contributed by atoms with Crippen LogP contribution < -0.4 is 5.73 Å². The summed E-state index contributed by atoms with van der Waals surface area (Å²) in [7, 11) is 0. The second-order valence-electron chi connectivity index (χ2n) is 4.33. The van der Waals surface area contributed by atoms with Crippen molar-refractivity contribution in [2.24, 2.45) is 5.73 Å². The van der Waals surface area contributed by atoms with Crippen molar-refractivity contribution in [1.82, 2.24) is 0 Å². The molecule has 0 bridgehead atoms. The number of nitrogens with two attached hydrogens (primary N) is 1. The highest BCUT2D eigenvalue weighted by molar-refractivity contribution is 6.35. The molecule has 0 saturated carbocycles. The molecule has 18 heavy (non-hydrogen) atoms. The summed E-state index contributed by atoms with van der Waals surface area (Å²) in [5, 5.41) is 1.05. The third-order valence-electron chi connectivity index (χ3n) is 2.93. The molecule has 0 heterocycles. The molecule has 1 nitrogen and oxygen atoms in total. The molecule has 4 heteroatoms. The normalized spacial score (nSPS) is 14.3. The van der Waals surface area contributed by atoms with E-state index in [1.165, 1.54) is 12.1 Å². The highest BCUT2D eigenvalue weighted by Gasteiger charge is 2.26. The fourth-order valence-electron chi connectivity index (χ4n) is 1.86. The lowest BCUT2D eigenvalue weighted by molar-refractivity contribution is 0.593. The van der Waals surface area contributed by atoms with Crippen LogP contribution in [0.5, 0.6) is 0 Å². The molecule has 94 valence electrons. The number of halogens is 3. The maximum absolute atomic E-state index is 12.9. The van der Waals surface area contributed by atoms with E-state index in [0.717, 1.165) is 11.1 Å². The van der Waals surface area contributed by atoms with Crippen molar-refractivity contribution in [2.75, 3.05) is 0 Å². The molecular weight excluding hydrogens is 272 g/mol. The maximum Gasteiger partial charge on any atom is 0.123 e. The predicted molar refractivity (Wildman–Crippen MR) is 73.5 cm³/mol. The Balaban J connectivity index is 2.50. The van der Waals surface area contributed by atoms with Crippen molar-refractivity contribution in [1.29, 1.82) is 0 Å². The van der Waals surface area contributed by atoms with E-state index in [1.54, 1.807) is 30.3 Å². The van der Waals surface area contributed by atoms with Gasteiger partial charge in [-0.1, -0.05) is 41.4 Å². The van der Waals surface area contributed by atoms with Gasteiger partial charge in [-0.3, -0.25) is 0 Å². The molecule has 0 aliphatic rings. The SMILES string of the molecule is CC(N)(c1ccc(F)cc1)c1ccc(Cl)cc1Cl. The van der Waals surface area contributed by atoms with Crippen molar-refractivity contribution in [3.05, 3.63) is 69.5 Å². The molecule has 1 atom stereocenters. The summed E-state index contributed by atoms with van der Waals surface area (Å²) >= 11 is 12.0. The zero-order valence-electron chi connectivity index (χ0n) is 9.75. The Labute approximate surface area is 115 Å². The Kier molecular flexibility index (Phi) is 3.62. The van der Waals surface area contributed by atoms with Crippen LogP contribution in [0.2, 0.25) is 10.0 Å². The van der Waals surface area contributed by atoms with Crippen molar-refractivity contribution in [3.8, 4) is 0 Å². The van der Waals surface area contributed by atoms with Gasteiger partial charge in [0.1, 0.15) is 5.82 Å². The Hall–Kier alpha value is -1.09. The first-order valence-corrected chi connectivity index (χ1v) is 6.17. The highest BCUT2D eigenvalue weighted by atomic mass is 35.5. The van der Waals surface area contributed by atoms with E-state index in [0.29, 0.717) is 10.0 Å². The van der Waals surface area contributed by atoms with E-state index in [9.17, 15) is 4.39 Å². The van der Waals surface area contributed by atoms with Crippen LogP contribution in [-0.4, -0.2) is 0 Å². The minimum atomic E-state index is -0.796. The first kappa shape index (κ1) is 13.3. The van der Waals surface area contributed by atoms with E-state index < -0.39 is 5.54 Å². The van der Waals surface area contributed by atoms with Gasteiger partial charge in [0.05, 0.1) is 5.54 Å². The monoisotopic (exact) mass is 283 g/mol. The number of rotatable bonds is 2. The summed E-state index contributed by atoms with van der Waals surface area (Å²) in [4.78, 5) is 0. The Morgan fingerprint density at radius 3 is 2.22 bits per heavy atom.